The molecule has 0 atom stereocenters. The van der Waals surface area contributed by atoms with Crippen molar-refractivity contribution in [2.24, 2.45) is 5.41 Å². The van der Waals surface area contributed by atoms with Crippen molar-refractivity contribution in [2.45, 2.75) is 20.8 Å². The lowest BCUT2D eigenvalue weighted by Gasteiger charge is -2.19. The molecule has 0 heterocycles. The lowest BCUT2D eigenvalue weighted by Crippen LogP contribution is -2.40. The van der Waals surface area contributed by atoms with Crippen LogP contribution in [0.25, 0.3) is 0 Å². The summed E-state index contributed by atoms with van der Waals surface area (Å²) in [7, 11) is 0. The Morgan fingerprint density at radius 1 is 1.38 bits per heavy atom. The quantitative estimate of drug-likeness (QED) is 0.567. The van der Waals surface area contributed by atoms with Gasteiger partial charge < -0.3 is 15.7 Å². The van der Waals surface area contributed by atoms with E-state index >= 15 is 0 Å². The Hall–Kier alpha value is -2.64. The zero-order chi connectivity index (χ0) is 16.2. The number of carboxylic acid groups (broad SMARTS) is 1. The number of nitrogens with zero attached hydrogens (tertiary/aromatic N) is 1. The largest absolute Gasteiger partial charge is 0.481 e. The van der Waals surface area contributed by atoms with Crippen molar-refractivity contribution in [1.29, 1.82) is 0 Å². The van der Waals surface area contributed by atoms with Crippen LogP contribution in [0.5, 0.6) is 0 Å². The van der Waals surface area contributed by atoms with Gasteiger partial charge in [0.2, 0.25) is 0 Å². The fraction of sp³-hybridized carbons (Fsp3) is 0.385. The van der Waals surface area contributed by atoms with E-state index in [0.29, 0.717) is 5.56 Å². The first-order valence-electron chi connectivity index (χ1n) is 6.17. The zero-order valence-electron chi connectivity index (χ0n) is 12.0. The van der Waals surface area contributed by atoms with E-state index in [9.17, 15) is 19.7 Å². The average Bonchev–Trinajstić information content (AvgIpc) is 2.38. The summed E-state index contributed by atoms with van der Waals surface area (Å²) < 4.78 is 0. The predicted octanol–water partition coefficient (Wildman–Crippen LogP) is 2.14. The zero-order valence-corrected chi connectivity index (χ0v) is 12.0. The summed E-state index contributed by atoms with van der Waals surface area (Å²) in [6.07, 6.45) is 0. The van der Waals surface area contributed by atoms with Crippen LogP contribution in [-0.4, -0.2) is 28.6 Å². The number of nitro groups is 1. The first-order chi connectivity index (χ1) is 9.63. The average molecular weight is 295 g/mol. The van der Waals surface area contributed by atoms with Crippen molar-refractivity contribution in [2.75, 3.05) is 11.9 Å². The maximum absolute atomic E-state index is 11.7. The number of aliphatic carboxylic acids is 1. The monoisotopic (exact) mass is 295 g/mol. The minimum atomic E-state index is -1.10. The Morgan fingerprint density at radius 3 is 2.52 bits per heavy atom. The second kappa shape index (κ2) is 6.21. The molecule has 8 nitrogen and oxygen atoms in total. The molecular weight excluding hydrogens is 278 g/mol. The number of urea groups is 1. The van der Waals surface area contributed by atoms with Crippen LogP contribution in [0.2, 0.25) is 0 Å². The van der Waals surface area contributed by atoms with Crippen LogP contribution in [0.3, 0.4) is 0 Å². The Morgan fingerprint density at radius 2 is 2.00 bits per heavy atom. The summed E-state index contributed by atoms with van der Waals surface area (Å²) in [5.41, 5.74) is -0.453. The van der Waals surface area contributed by atoms with Gasteiger partial charge in [0.05, 0.1) is 10.3 Å². The van der Waals surface area contributed by atoms with E-state index in [1.807, 2.05) is 0 Å². The van der Waals surface area contributed by atoms with Crippen LogP contribution < -0.4 is 10.6 Å². The van der Waals surface area contributed by atoms with Crippen LogP contribution in [0, 0.1) is 22.5 Å². The van der Waals surface area contributed by atoms with E-state index in [0.717, 1.165) is 0 Å². The van der Waals surface area contributed by atoms with E-state index in [1.54, 1.807) is 6.92 Å². The van der Waals surface area contributed by atoms with E-state index in [-0.39, 0.29) is 17.9 Å². The van der Waals surface area contributed by atoms with Gasteiger partial charge in [0, 0.05) is 23.9 Å². The van der Waals surface area contributed by atoms with Crippen molar-refractivity contribution in [3.63, 3.8) is 0 Å². The molecule has 1 aromatic rings. The number of anilines is 1. The predicted molar refractivity (Wildman–Crippen MR) is 76.3 cm³/mol. The van der Waals surface area contributed by atoms with Crippen LogP contribution >= 0.6 is 0 Å². The number of hydrogen-bond donors (Lipinski definition) is 3. The molecule has 0 aliphatic heterocycles. The Labute approximate surface area is 121 Å². The third-order valence-electron chi connectivity index (χ3n) is 2.93. The molecule has 0 fully saturated rings. The van der Waals surface area contributed by atoms with Crippen molar-refractivity contribution in [1.82, 2.24) is 5.32 Å². The highest BCUT2D eigenvalue weighted by Crippen LogP contribution is 2.22. The molecule has 0 saturated heterocycles. The van der Waals surface area contributed by atoms with Gasteiger partial charge in [-0.15, -0.1) is 0 Å². The molecule has 0 radical (unpaired) electrons. The van der Waals surface area contributed by atoms with Crippen molar-refractivity contribution in [3.8, 4) is 0 Å². The molecule has 8 heteroatoms. The number of nitrogens with one attached hydrogen (secondary N) is 2. The molecule has 1 aromatic carbocycles. The Bertz CT molecular complexity index is 583. The second-order valence-electron chi connectivity index (χ2n) is 5.26. The van der Waals surface area contributed by atoms with Crippen LogP contribution in [0.4, 0.5) is 16.2 Å². The topological polar surface area (TPSA) is 122 Å². The second-order valence-corrected chi connectivity index (χ2v) is 5.26. The molecular formula is C13H17N3O5. The fourth-order valence-corrected chi connectivity index (χ4v) is 1.44. The number of carbonyl (C=O) groups is 2. The highest BCUT2D eigenvalue weighted by molar-refractivity contribution is 5.90. The molecule has 0 saturated carbocycles. The third-order valence-corrected chi connectivity index (χ3v) is 2.93. The van der Waals surface area contributed by atoms with Gasteiger partial charge in [-0.05, 0) is 26.8 Å². The summed E-state index contributed by atoms with van der Waals surface area (Å²) in [5.74, 6) is -1.03. The van der Waals surface area contributed by atoms with Gasteiger partial charge in [-0.1, -0.05) is 6.07 Å². The SMILES string of the molecule is Cc1ccc(NC(=O)NCC(C)(C)C(=O)O)cc1[N+](=O)[O-]. The highest BCUT2D eigenvalue weighted by Gasteiger charge is 2.27. The standard InChI is InChI=1S/C13H17N3O5/c1-8-4-5-9(6-10(8)16(20)21)15-12(19)14-7-13(2,3)11(17)18/h4-6H,7H2,1-3H3,(H,17,18)(H2,14,15,19). The van der Waals surface area contributed by atoms with Gasteiger partial charge in [-0.2, -0.15) is 0 Å². The summed E-state index contributed by atoms with van der Waals surface area (Å²) in [5, 5.41) is 24.6. The first-order valence-corrected chi connectivity index (χ1v) is 6.17. The van der Waals surface area contributed by atoms with Gasteiger partial charge in [0.1, 0.15) is 0 Å². The van der Waals surface area contributed by atoms with E-state index < -0.39 is 22.3 Å². The summed E-state index contributed by atoms with van der Waals surface area (Å²) in [6, 6.07) is 3.68. The van der Waals surface area contributed by atoms with E-state index in [4.69, 9.17) is 5.11 Å². The number of rotatable bonds is 5. The van der Waals surface area contributed by atoms with Crippen molar-refractivity contribution >= 4 is 23.4 Å². The maximum atomic E-state index is 11.7. The lowest BCUT2D eigenvalue weighted by molar-refractivity contribution is -0.385. The minimum absolute atomic E-state index is 0.0673. The van der Waals surface area contributed by atoms with Crippen molar-refractivity contribution in [3.05, 3.63) is 33.9 Å². The van der Waals surface area contributed by atoms with Crippen LogP contribution in [-0.2, 0) is 4.79 Å². The van der Waals surface area contributed by atoms with Crippen LogP contribution in [0.1, 0.15) is 19.4 Å². The Balaban J connectivity index is 2.70. The number of amides is 2. The first kappa shape index (κ1) is 16.4. The summed E-state index contributed by atoms with van der Waals surface area (Å²) in [6.45, 7) is 4.48. The van der Waals surface area contributed by atoms with Gasteiger partial charge >= 0.3 is 12.0 Å². The smallest absolute Gasteiger partial charge is 0.319 e. The van der Waals surface area contributed by atoms with E-state index in [2.05, 4.69) is 10.6 Å². The van der Waals surface area contributed by atoms with Crippen molar-refractivity contribution < 1.29 is 19.6 Å². The molecule has 3 N–H and O–H groups in total. The van der Waals surface area contributed by atoms with Gasteiger partial charge in [-0.3, -0.25) is 14.9 Å². The normalized spacial score (nSPS) is 10.8. The molecule has 0 bridgehead atoms. The summed E-state index contributed by atoms with van der Waals surface area (Å²) >= 11 is 0. The highest BCUT2D eigenvalue weighted by atomic mass is 16.6. The number of nitro benzene ring substituents is 1. The molecule has 0 aromatic heterocycles. The number of carboxylic acids is 1. The number of aryl methyl sites for hydroxylation is 1. The van der Waals surface area contributed by atoms with Gasteiger partial charge in [-0.25, -0.2) is 4.79 Å². The number of carbonyl (C=O) groups excluding carboxylic acids is 1. The minimum Gasteiger partial charge on any atom is -0.481 e. The maximum Gasteiger partial charge on any atom is 0.319 e. The lowest BCUT2D eigenvalue weighted by atomic mass is 9.94. The molecule has 1 rings (SSSR count). The Kier molecular flexibility index (Phi) is 4.85. The van der Waals surface area contributed by atoms with Crippen LogP contribution in [0.15, 0.2) is 18.2 Å². The molecule has 21 heavy (non-hydrogen) atoms. The molecule has 0 aliphatic carbocycles. The molecule has 0 unspecified atom stereocenters. The van der Waals surface area contributed by atoms with Gasteiger partial charge in [0.25, 0.3) is 5.69 Å². The molecule has 2 amide bonds. The van der Waals surface area contributed by atoms with E-state index in [1.165, 1.54) is 32.0 Å². The number of benzene rings is 1. The van der Waals surface area contributed by atoms with Gasteiger partial charge in [0.15, 0.2) is 0 Å². The molecule has 0 spiro atoms. The molecule has 0 aliphatic rings. The number of hydrogen-bond acceptors (Lipinski definition) is 4. The molecule has 114 valence electrons. The third kappa shape index (κ3) is 4.44. The fourth-order valence-electron chi connectivity index (χ4n) is 1.44. The summed E-state index contributed by atoms with van der Waals surface area (Å²) in [4.78, 5) is 32.8.